The van der Waals surface area contributed by atoms with Crippen molar-refractivity contribution in [3.8, 4) is 5.69 Å². The van der Waals surface area contributed by atoms with Gasteiger partial charge in [0.2, 0.25) is 0 Å². The third kappa shape index (κ3) is 4.86. The van der Waals surface area contributed by atoms with Crippen LogP contribution >= 0.6 is 11.6 Å². The van der Waals surface area contributed by atoms with Gasteiger partial charge in [0.05, 0.1) is 23.8 Å². The van der Waals surface area contributed by atoms with E-state index in [1.807, 2.05) is 0 Å². The van der Waals surface area contributed by atoms with E-state index < -0.39 is 31.2 Å². The maximum atomic E-state index is 13.3. The lowest BCUT2D eigenvalue weighted by molar-refractivity contribution is -0.285. The van der Waals surface area contributed by atoms with E-state index in [1.165, 1.54) is 22.9 Å². The number of anilines is 1. The molecular weight excluding hydrogens is 395 g/mol. The van der Waals surface area contributed by atoms with Crippen LogP contribution in [0.15, 0.2) is 30.7 Å². The second-order valence-corrected chi connectivity index (χ2v) is 6.04. The number of aromatic nitrogens is 3. The van der Waals surface area contributed by atoms with Crippen molar-refractivity contribution in [1.82, 2.24) is 14.8 Å². The first-order chi connectivity index (χ1) is 12.6. The quantitative estimate of drug-likeness (QED) is 0.466. The van der Waals surface area contributed by atoms with Crippen LogP contribution in [0, 0.1) is 0 Å². The number of hydrogen-bond donors (Lipinski definition) is 0. The molecule has 0 saturated heterocycles. The summed E-state index contributed by atoms with van der Waals surface area (Å²) in [6.07, 6.45) is -3.93. The Balaban J connectivity index is 2.23. The summed E-state index contributed by atoms with van der Waals surface area (Å²) >= 11 is 6.15. The molecule has 0 amide bonds. The van der Waals surface area contributed by atoms with Crippen molar-refractivity contribution in [1.29, 1.82) is 0 Å². The lowest BCUT2D eigenvalue weighted by Gasteiger charge is -2.32. The van der Waals surface area contributed by atoms with Gasteiger partial charge in [-0.2, -0.15) is 27.1 Å². The maximum absolute atomic E-state index is 13.3. The van der Waals surface area contributed by atoms with E-state index in [0.29, 0.717) is 11.4 Å². The summed E-state index contributed by atoms with van der Waals surface area (Å²) in [7, 11) is 1.23. The lowest BCUT2D eigenvalue weighted by Crippen LogP contribution is -2.41. The van der Waals surface area contributed by atoms with Gasteiger partial charge in [0.15, 0.2) is 5.15 Å². The predicted molar refractivity (Wildman–Crippen MR) is 90.4 cm³/mol. The van der Waals surface area contributed by atoms with Crippen LogP contribution in [0.5, 0.6) is 0 Å². The molecule has 11 heteroatoms. The molecule has 27 heavy (non-hydrogen) atoms. The van der Waals surface area contributed by atoms with Gasteiger partial charge in [0.25, 0.3) is 0 Å². The normalized spacial score (nSPS) is 13.6. The molecule has 0 aromatic carbocycles. The Bertz CT molecular complexity index is 738. The summed E-state index contributed by atoms with van der Waals surface area (Å²) in [4.78, 5) is 5.44. The Morgan fingerprint density at radius 2 is 2.00 bits per heavy atom. The average Bonchev–Trinajstić information content (AvgIpc) is 3.00. The highest BCUT2D eigenvalue weighted by Gasteiger charge is 2.57. The van der Waals surface area contributed by atoms with Crippen molar-refractivity contribution in [3.05, 3.63) is 35.9 Å². The van der Waals surface area contributed by atoms with Crippen LogP contribution in [0.2, 0.25) is 5.15 Å². The smallest absolute Gasteiger partial charge is 0.362 e. The van der Waals surface area contributed by atoms with Gasteiger partial charge in [-0.3, -0.25) is 4.98 Å². The Hall–Kier alpha value is -1.94. The second kappa shape index (κ2) is 8.39. The highest BCUT2D eigenvalue weighted by atomic mass is 35.5. The fraction of sp³-hybridized carbons (Fsp3) is 0.500. The SMILES string of the molecule is CCN(c1cn(-c2cccnc2)nc1Cl)C(CCC(F)(F)C(F)(F)F)OC. The van der Waals surface area contributed by atoms with Crippen molar-refractivity contribution in [2.75, 3.05) is 18.6 Å². The van der Waals surface area contributed by atoms with Crippen LogP contribution in [0.1, 0.15) is 19.8 Å². The van der Waals surface area contributed by atoms with E-state index >= 15 is 0 Å². The Morgan fingerprint density at radius 1 is 1.30 bits per heavy atom. The van der Waals surface area contributed by atoms with E-state index in [1.54, 1.807) is 31.5 Å². The molecular formula is C16H18ClF5N4O. The first kappa shape index (κ1) is 21.4. The average molecular weight is 413 g/mol. The summed E-state index contributed by atoms with van der Waals surface area (Å²) in [6, 6.07) is 3.42. The Labute approximate surface area is 157 Å². The van der Waals surface area contributed by atoms with Crippen molar-refractivity contribution >= 4 is 17.3 Å². The van der Waals surface area contributed by atoms with Crippen molar-refractivity contribution in [2.24, 2.45) is 0 Å². The van der Waals surface area contributed by atoms with Gasteiger partial charge in [-0.25, -0.2) is 4.68 Å². The van der Waals surface area contributed by atoms with Gasteiger partial charge >= 0.3 is 12.1 Å². The van der Waals surface area contributed by atoms with Crippen LogP contribution in [0.4, 0.5) is 27.6 Å². The molecule has 0 radical (unpaired) electrons. The minimum absolute atomic E-state index is 0.0605. The van der Waals surface area contributed by atoms with E-state index in [2.05, 4.69) is 10.1 Å². The highest BCUT2D eigenvalue weighted by Crippen LogP contribution is 2.40. The summed E-state index contributed by atoms with van der Waals surface area (Å²) in [5, 5.41) is 4.19. The molecule has 2 aromatic rings. The number of nitrogens with zero attached hydrogens (tertiary/aromatic N) is 4. The zero-order chi connectivity index (χ0) is 20.2. The molecule has 2 heterocycles. The zero-order valence-electron chi connectivity index (χ0n) is 14.6. The number of rotatable bonds is 8. The minimum atomic E-state index is -5.61. The molecule has 0 bridgehead atoms. The van der Waals surface area contributed by atoms with Gasteiger partial charge in [0, 0.05) is 26.3 Å². The van der Waals surface area contributed by atoms with Crippen molar-refractivity contribution < 1.29 is 26.7 Å². The second-order valence-electron chi connectivity index (χ2n) is 5.68. The molecule has 1 atom stereocenters. The molecule has 0 aliphatic rings. The van der Waals surface area contributed by atoms with Crippen LogP contribution in [-0.2, 0) is 4.74 Å². The van der Waals surface area contributed by atoms with Gasteiger partial charge < -0.3 is 9.64 Å². The predicted octanol–water partition coefficient (Wildman–Crippen LogP) is 4.70. The van der Waals surface area contributed by atoms with E-state index in [-0.39, 0.29) is 11.7 Å². The van der Waals surface area contributed by atoms with Crippen LogP contribution in [-0.4, -0.2) is 46.7 Å². The largest absolute Gasteiger partial charge is 0.453 e. The molecule has 0 aliphatic carbocycles. The topological polar surface area (TPSA) is 43.2 Å². The molecule has 0 aliphatic heterocycles. The molecule has 0 spiro atoms. The van der Waals surface area contributed by atoms with Gasteiger partial charge in [-0.15, -0.1) is 0 Å². The van der Waals surface area contributed by atoms with Crippen LogP contribution < -0.4 is 4.90 Å². The third-order valence-electron chi connectivity index (χ3n) is 3.95. The Kier molecular flexibility index (Phi) is 6.63. The first-order valence-electron chi connectivity index (χ1n) is 8.00. The van der Waals surface area contributed by atoms with Gasteiger partial charge in [0.1, 0.15) is 6.23 Å². The van der Waals surface area contributed by atoms with E-state index in [4.69, 9.17) is 16.3 Å². The number of pyridine rings is 1. The van der Waals surface area contributed by atoms with Gasteiger partial charge in [-0.1, -0.05) is 11.6 Å². The maximum Gasteiger partial charge on any atom is 0.453 e. The molecule has 0 saturated carbocycles. The Morgan fingerprint density at radius 3 is 2.52 bits per heavy atom. The first-order valence-corrected chi connectivity index (χ1v) is 8.38. The number of hydrogen-bond acceptors (Lipinski definition) is 4. The number of ether oxygens (including phenoxy) is 1. The van der Waals surface area contributed by atoms with E-state index in [0.717, 1.165) is 0 Å². The number of methoxy groups -OCH3 is 1. The zero-order valence-corrected chi connectivity index (χ0v) is 15.3. The molecule has 2 rings (SSSR count). The molecule has 5 nitrogen and oxygen atoms in total. The number of alkyl halides is 5. The third-order valence-corrected chi connectivity index (χ3v) is 4.22. The molecule has 0 N–H and O–H groups in total. The molecule has 150 valence electrons. The summed E-state index contributed by atoms with van der Waals surface area (Å²) in [5.41, 5.74) is 0.962. The molecule has 0 fully saturated rings. The van der Waals surface area contributed by atoms with Crippen molar-refractivity contribution in [3.63, 3.8) is 0 Å². The summed E-state index contributed by atoms with van der Waals surface area (Å²) in [6.45, 7) is 1.96. The van der Waals surface area contributed by atoms with Crippen molar-refractivity contribution in [2.45, 2.75) is 38.1 Å². The monoisotopic (exact) mass is 412 g/mol. The van der Waals surface area contributed by atoms with Gasteiger partial charge in [-0.05, 0) is 25.5 Å². The van der Waals surface area contributed by atoms with E-state index in [9.17, 15) is 22.0 Å². The van der Waals surface area contributed by atoms with Crippen LogP contribution in [0.3, 0.4) is 0 Å². The highest BCUT2D eigenvalue weighted by molar-refractivity contribution is 6.32. The fourth-order valence-corrected chi connectivity index (χ4v) is 2.77. The molecule has 2 aromatic heterocycles. The molecule has 1 unspecified atom stereocenters. The standard InChI is InChI=1S/C16H18ClF5N4O/c1-3-25(13(27-2)6-7-15(18,19)16(20,21)22)12-10-26(24-14(12)17)11-5-4-8-23-9-11/h4-5,8-10,13H,3,6-7H2,1-2H3. The fourth-order valence-electron chi connectivity index (χ4n) is 2.53. The summed E-state index contributed by atoms with van der Waals surface area (Å²) in [5.74, 6) is -4.80. The van der Waals surface area contributed by atoms with Crippen LogP contribution in [0.25, 0.3) is 5.69 Å². The summed E-state index contributed by atoms with van der Waals surface area (Å²) < 4.78 is 70.3. The lowest BCUT2D eigenvalue weighted by atomic mass is 10.1. The number of halogens is 6. The minimum Gasteiger partial charge on any atom is -0.362 e.